The van der Waals surface area contributed by atoms with E-state index in [1.807, 2.05) is 0 Å². The Bertz CT molecular complexity index is 476. The van der Waals surface area contributed by atoms with Crippen LogP contribution in [0.3, 0.4) is 0 Å². The van der Waals surface area contributed by atoms with Gasteiger partial charge < -0.3 is 14.9 Å². The van der Waals surface area contributed by atoms with E-state index in [-0.39, 0.29) is 43.0 Å². The number of carbonyl (C=O) groups excluding carboxylic acids is 1. The lowest BCUT2D eigenvalue weighted by Crippen LogP contribution is -2.49. The molecule has 7 nitrogen and oxygen atoms in total. The molecule has 0 spiro atoms. The Kier molecular flexibility index (Phi) is 4.52. The van der Waals surface area contributed by atoms with Crippen LogP contribution in [-0.2, 0) is 14.6 Å². The molecule has 0 bridgehead atoms. The zero-order valence-electron chi connectivity index (χ0n) is 11.3. The van der Waals surface area contributed by atoms with Crippen LogP contribution in [0.2, 0.25) is 0 Å². The summed E-state index contributed by atoms with van der Waals surface area (Å²) in [7, 11) is -2.98. The average Bonchev–Trinajstić information content (AvgIpc) is 2.84. The molecule has 2 rings (SSSR count). The van der Waals surface area contributed by atoms with Crippen LogP contribution in [0.1, 0.15) is 19.3 Å². The molecular weight excluding hydrogens is 284 g/mol. The van der Waals surface area contributed by atoms with Crippen molar-refractivity contribution in [2.75, 3.05) is 37.7 Å². The topological polar surface area (TPSA) is 95.0 Å². The highest BCUT2D eigenvalue weighted by molar-refractivity contribution is 7.91. The minimum Gasteiger partial charge on any atom is -0.481 e. The van der Waals surface area contributed by atoms with Crippen LogP contribution in [0.5, 0.6) is 0 Å². The molecule has 0 saturated carbocycles. The van der Waals surface area contributed by atoms with Gasteiger partial charge in [-0.05, 0) is 18.8 Å². The van der Waals surface area contributed by atoms with E-state index in [2.05, 4.69) is 0 Å². The van der Waals surface area contributed by atoms with E-state index < -0.39 is 15.8 Å². The van der Waals surface area contributed by atoms with Crippen molar-refractivity contribution >= 4 is 21.8 Å². The molecule has 0 radical (unpaired) electrons. The van der Waals surface area contributed by atoms with Crippen molar-refractivity contribution in [3.63, 3.8) is 0 Å². The van der Waals surface area contributed by atoms with Gasteiger partial charge in [0.25, 0.3) is 0 Å². The number of urea groups is 1. The first-order valence-corrected chi connectivity index (χ1v) is 8.65. The normalized spacial score (nSPS) is 25.7. The Morgan fingerprint density at radius 3 is 2.35 bits per heavy atom. The standard InChI is InChI=1S/C12H20N2O5S/c15-11(16)2-1-10-3-4-14(9-10)12(17)13-5-7-20(18,19)8-6-13/h10H,1-9H2,(H,15,16). The molecular formula is C12H20N2O5S. The summed E-state index contributed by atoms with van der Waals surface area (Å²) in [5, 5.41) is 8.66. The maximum Gasteiger partial charge on any atom is 0.320 e. The zero-order chi connectivity index (χ0) is 14.8. The van der Waals surface area contributed by atoms with Crippen LogP contribution < -0.4 is 0 Å². The van der Waals surface area contributed by atoms with E-state index >= 15 is 0 Å². The lowest BCUT2D eigenvalue weighted by molar-refractivity contribution is -0.137. The molecule has 2 saturated heterocycles. The third kappa shape index (κ3) is 3.84. The van der Waals surface area contributed by atoms with Crippen molar-refractivity contribution in [1.29, 1.82) is 0 Å². The summed E-state index contributed by atoms with van der Waals surface area (Å²) in [5.74, 6) is -0.496. The third-order valence-corrected chi connectivity index (χ3v) is 5.55. The molecule has 114 valence electrons. The maximum absolute atomic E-state index is 12.2. The molecule has 0 aromatic heterocycles. The van der Waals surface area contributed by atoms with E-state index in [0.717, 1.165) is 6.42 Å². The number of nitrogens with zero attached hydrogens (tertiary/aromatic N) is 2. The van der Waals surface area contributed by atoms with E-state index in [9.17, 15) is 18.0 Å². The SMILES string of the molecule is O=C(O)CCC1CCN(C(=O)N2CCS(=O)(=O)CC2)C1. The number of sulfone groups is 1. The van der Waals surface area contributed by atoms with Gasteiger partial charge >= 0.3 is 12.0 Å². The zero-order valence-corrected chi connectivity index (χ0v) is 12.1. The summed E-state index contributed by atoms with van der Waals surface area (Å²) in [6.45, 7) is 1.73. The number of hydrogen-bond donors (Lipinski definition) is 1. The summed E-state index contributed by atoms with van der Waals surface area (Å²) >= 11 is 0. The van der Waals surface area contributed by atoms with Gasteiger partial charge in [-0.1, -0.05) is 0 Å². The fourth-order valence-corrected chi connectivity index (χ4v) is 3.87. The Hall–Kier alpha value is -1.31. The van der Waals surface area contributed by atoms with Gasteiger partial charge in [0, 0.05) is 32.6 Å². The van der Waals surface area contributed by atoms with E-state index in [0.29, 0.717) is 19.5 Å². The van der Waals surface area contributed by atoms with Gasteiger partial charge in [0.2, 0.25) is 0 Å². The number of hydrogen-bond acceptors (Lipinski definition) is 4. The number of aliphatic carboxylic acids is 1. The molecule has 0 aliphatic carbocycles. The number of carboxylic acids is 1. The summed E-state index contributed by atoms with van der Waals surface area (Å²) < 4.78 is 22.7. The second-order valence-electron chi connectivity index (χ2n) is 5.45. The number of amides is 2. The van der Waals surface area contributed by atoms with E-state index in [1.54, 1.807) is 9.80 Å². The molecule has 2 aliphatic heterocycles. The van der Waals surface area contributed by atoms with Crippen molar-refractivity contribution in [2.24, 2.45) is 5.92 Å². The van der Waals surface area contributed by atoms with Crippen LogP contribution in [0.25, 0.3) is 0 Å². The predicted molar refractivity (Wildman–Crippen MR) is 72.2 cm³/mol. The second kappa shape index (κ2) is 5.99. The smallest absolute Gasteiger partial charge is 0.320 e. The lowest BCUT2D eigenvalue weighted by atomic mass is 10.0. The minimum absolute atomic E-state index is 0.0367. The molecule has 2 amide bonds. The van der Waals surface area contributed by atoms with Crippen molar-refractivity contribution in [3.05, 3.63) is 0 Å². The summed E-state index contributed by atoms with van der Waals surface area (Å²) in [6.07, 6.45) is 1.55. The number of carboxylic acid groups (broad SMARTS) is 1. The average molecular weight is 304 g/mol. The van der Waals surface area contributed by atoms with Gasteiger partial charge in [-0.3, -0.25) is 4.79 Å². The van der Waals surface area contributed by atoms with Crippen molar-refractivity contribution in [1.82, 2.24) is 9.80 Å². The van der Waals surface area contributed by atoms with Gasteiger partial charge in [-0.15, -0.1) is 0 Å². The van der Waals surface area contributed by atoms with Crippen LogP contribution in [-0.4, -0.2) is 73.0 Å². The van der Waals surface area contributed by atoms with E-state index in [4.69, 9.17) is 5.11 Å². The lowest BCUT2D eigenvalue weighted by Gasteiger charge is -2.30. The molecule has 0 aromatic carbocycles. The molecule has 1 unspecified atom stereocenters. The van der Waals surface area contributed by atoms with Crippen molar-refractivity contribution < 1.29 is 23.1 Å². The fraction of sp³-hybridized carbons (Fsp3) is 0.833. The number of likely N-dealkylation sites (tertiary alicyclic amines) is 1. The monoisotopic (exact) mass is 304 g/mol. The van der Waals surface area contributed by atoms with Crippen molar-refractivity contribution in [3.8, 4) is 0 Å². The Labute approximate surface area is 118 Å². The molecule has 1 N–H and O–H groups in total. The quantitative estimate of drug-likeness (QED) is 0.793. The first-order valence-electron chi connectivity index (χ1n) is 6.83. The molecule has 2 fully saturated rings. The van der Waals surface area contributed by atoms with Gasteiger partial charge in [-0.2, -0.15) is 0 Å². The second-order valence-corrected chi connectivity index (χ2v) is 7.76. The Balaban J connectivity index is 1.81. The van der Waals surface area contributed by atoms with Gasteiger partial charge in [0.15, 0.2) is 9.84 Å². The van der Waals surface area contributed by atoms with Crippen LogP contribution in [0.4, 0.5) is 4.79 Å². The maximum atomic E-state index is 12.2. The summed E-state index contributed by atoms with van der Waals surface area (Å²) in [6, 6.07) is -0.113. The van der Waals surface area contributed by atoms with E-state index in [1.165, 1.54) is 0 Å². The Morgan fingerprint density at radius 2 is 1.75 bits per heavy atom. The molecule has 8 heteroatoms. The molecule has 2 aliphatic rings. The number of carbonyl (C=O) groups is 2. The molecule has 0 aromatic rings. The molecule has 2 heterocycles. The third-order valence-electron chi connectivity index (χ3n) is 3.94. The largest absolute Gasteiger partial charge is 0.481 e. The minimum atomic E-state index is -2.98. The highest BCUT2D eigenvalue weighted by Gasteiger charge is 2.32. The summed E-state index contributed by atoms with van der Waals surface area (Å²) in [5.41, 5.74) is 0. The van der Waals surface area contributed by atoms with Crippen LogP contribution >= 0.6 is 0 Å². The van der Waals surface area contributed by atoms with Gasteiger partial charge in [-0.25, -0.2) is 13.2 Å². The van der Waals surface area contributed by atoms with Gasteiger partial charge in [0.1, 0.15) is 0 Å². The van der Waals surface area contributed by atoms with Crippen LogP contribution in [0.15, 0.2) is 0 Å². The highest BCUT2D eigenvalue weighted by Crippen LogP contribution is 2.22. The first kappa shape index (κ1) is 15.1. The number of rotatable bonds is 3. The first-order chi connectivity index (χ1) is 9.37. The van der Waals surface area contributed by atoms with Crippen molar-refractivity contribution in [2.45, 2.75) is 19.3 Å². The fourth-order valence-electron chi connectivity index (χ4n) is 2.67. The summed E-state index contributed by atoms with van der Waals surface area (Å²) in [4.78, 5) is 26.1. The molecule has 20 heavy (non-hydrogen) atoms. The predicted octanol–water partition coefficient (Wildman–Crippen LogP) is 0.0235. The van der Waals surface area contributed by atoms with Crippen LogP contribution in [0, 0.1) is 5.92 Å². The highest BCUT2D eigenvalue weighted by atomic mass is 32.2. The molecule has 1 atom stereocenters. The van der Waals surface area contributed by atoms with Gasteiger partial charge in [0.05, 0.1) is 11.5 Å². The Morgan fingerprint density at radius 1 is 1.10 bits per heavy atom.